The van der Waals surface area contributed by atoms with Gasteiger partial charge in [0.1, 0.15) is 6.04 Å². The molecule has 0 fully saturated rings. The molecule has 1 aromatic carbocycles. The lowest BCUT2D eigenvalue weighted by Gasteiger charge is -2.14. The molecular formula is C17H21NO4. The molecule has 0 aliphatic rings. The van der Waals surface area contributed by atoms with E-state index in [2.05, 4.69) is 12.2 Å². The molecule has 118 valence electrons. The van der Waals surface area contributed by atoms with E-state index in [9.17, 15) is 19.5 Å². The van der Waals surface area contributed by atoms with Gasteiger partial charge in [-0.25, -0.2) is 4.79 Å². The van der Waals surface area contributed by atoms with E-state index in [4.69, 9.17) is 0 Å². The van der Waals surface area contributed by atoms with Crippen molar-refractivity contribution in [3.05, 3.63) is 47.5 Å². The topological polar surface area (TPSA) is 83.5 Å². The number of carboxylic acids is 1. The number of carboxylic acid groups (broad SMARTS) is 1. The van der Waals surface area contributed by atoms with Gasteiger partial charge in [-0.2, -0.15) is 0 Å². The van der Waals surface area contributed by atoms with Gasteiger partial charge in [0.15, 0.2) is 5.78 Å². The van der Waals surface area contributed by atoms with Crippen molar-refractivity contribution in [3.63, 3.8) is 0 Å². The van der Waals surface area contributed by atoms with Gasteiger partial charge in [0.2, 0.25) is 5.91 Å². The van der Waals surface area contributed by atoms with Gasteiger partial charge in [-0.05, 0) is 30.5 Å². The van der Waals surface area contributed by atoms with Gasteiger partial charge < -0.3 is 10.4 Å². The van der Waals surface area contributed by atoms with Gasteiger partial charge in [0.05, 0.1) is 0 Å². The summed E-state index contributed by atoms with van der Waals surface area (Å²) < 4.78 is 0. The van der Waals surface area contributed by atoms with Crippen LogP contribution in [0.2, 0.25) is 0 Å². The molecule has 0 radical (unpaired) electrons. The van der Waals surface area contributed by atoms with E-state index in [1.165, 1.54) is 6.92 Å². The number of aliphatic carboxylic acids is 1. The fourth-order valence-electron chi connectivity index (χ4n) is 2.05. The number of carbonyl (C=O) groups is 3. The Morgan fingerprint density at radius 3 is 2.50 bits per heavy atom. The maximum Gasteiger partial charge on any atom is 0.326 e. The molecular weight excluding hydrogens is 282 g/mol. The van der Waals surface area contributed by atoms with Gasteiger partial charge in [-0.15, -0.1) is 0 Å². The van der Waals surface area contributed by atoms with Gasteiger partial charge in [0, 0.05) is 12.5 Å². The Kier molecular flexibility index (Phi) is 7.02. The monoisotopic (exact) mass is 303 g/mol. The normalized spacial score (nSPS) is 12.1. The summed E-state index contributed by atoms with van der Waals surface area (Å²) in [5.74, 6) is -1.97. The molecule has 0 spiro atoms. The summed E-state index contributed by atoms with van der Waals surface area (Å²) in [7, 11) is 0. The Morgan fingerprint density at radius 2 is 1.91 bits per heavy atom. The number of amides is 1. The smallest absolute Gasteiger partial charge is 0.326 e. The average Bonchev–Trinajstić information content (AvgIpc) is 2.45. The van der Waals surface area contributed by atoms with Crippen molar-refractivity contribution in [3.8, 4) is 0 Å². The highest BCUT2D eigenvalue weighted by Gasteiger charge is 2.19. The second-order valence-corrected chi connectivity index (χ2v) is 5.12. The van der Waals surface area contributed by atoms with E-state index in [0.717, 1.165) is 36.1 Å². The van der Waals surface area contributed by atoms with Crippen LogP contribution in [0.1, 0.15) is 31.4 Å². The summed E-state index contributed by atoms with van der Waals surface area (Å²) in [4.78, 5) is 33.7. The van der Waals surface area contributed by atoms with Crippen molar-refractivity contribution >= 4 is 17.7 Å². The highest BCUT2D eigenvalue weighted by atomic mass is 16.4. The van der Waals surface area contributed by atoms with Gasteiger partial charge in [0.25, 0.3) is 0 Å². The maximum atomic E-state index is 11.6. The SMILES string of the molecule is CCCc1cccc(C[C@@H](NC(=O)/C=C/C(C)=O)C(=O)O)c1. The van der Waals surface area contributed by atoms with Crippen molar-refractivity contribution < 1.29 is 19.5 Å². The molecule has 5 nitrogen and oxygen atoms in total. The molecule has 0 heterocycles. The zero-order valence-electron chi connectivity index (χ0n) is 12.8. The minimum absolute atomic E-state index is 0.201. The van der Waals surface area contributed by atoms with E-state index in [1.54, 1.807) is 0 Å². The van der Waals surface area contributed by atoms with Gasteiger partial charge in [-0.1, -0.05) is 37.6 Å². The van der Waals surface area contributed by atoms with E-state index in [0.29, 0.717) is 0 Å². The van der Waals surface area contributed by atoms with Crippen LogP contribution in [0.4, 0.5) is 0 Å². The Balaban J connectivity index is 2.76. The maximum absolute atomic E-state index is 11.6. The molecule has 0 bridgehead atoms. The minimum Gasteiger partial charge on any atom is -0.480 e. The van der Waals surface area contributed by atoms with Crippen molar-refractivity contribution in [2.45, 2.75) is 39.2 Å². The lowest BCUT2D eigenvalue weighted by atomic mass is 10.0. The molecule has 0 aromatic heterocycles. The number of rotatable bonds is 8. The number of carbonyl (C=O) groups excluding carboxylic acids is 2. The van der Waals surface area contributed by atoms with E-state index in [1.807, 2.05) is 24.3 Å². The molecule has 1 rings (SSSR count). The van der Waals surface area contributed by atoms with Crippen LogP contribution in [0.3, 0.4) is 0 Å². The van der Waals surface area contributed by atoms with Crippen LogP contribution in [-0.4, -0.2) is 28.8 Å². The van der Waals surface area contributed by atoms with Gasteiger partial charge >= 0.3 is 5.97 Å². The summed E-state index contributed by atoms with van der Waals surface area (Å²) in [6, 6.07) is 6.65. The van der Waals surface area contributed by atoms with Crippen molar-refractivity contribution in [1.82, 2.24) is 5.32 Å². The zero-order valence-corrected chi connectivity index (χ0v) is 12.8. The molecule has 5 heteroatoms. The Hall–Kier alpha value is -2.43. The standard InChI is InChI=1S/C17H21NO4/c1-3-5-13-6-4-7-14(10-13)11-15(17(21)22)18-16(20)9-8-12(2)19/h4,6-10,15H,3,5,11H2,1-2H3,(H,18,20)(H,21,22)/b9-8+/t15-/m1/s1. The predicted octanol–water partition coefficient (Wildman–Crippen LogP) is 1.90. The molecule has 1 aromatic rings. The zero-order chi connectivity index (χ0) is 16.5. The minimum atomic E-state index is -1.11. The van der Waals surface area contributed by atoms with Crippen LogP contribution in [0.25, 0.3) is 0 Å². The lowest BCUT2D eigenvalue weighted by molar-refractivity contribution is -0.141. The summed E-state index contributed by atoms with van der Waals surface area (Å²) >= 11 is 0. The summed E-state index contributed by atoms with van der Waals surface area (Å²) in [6.45, 7) is 3.39. The third-order valence-electron chi connectivity index (χ3n) is 3.05. The number of hydrogen-bond acceptors (Lipinski definition) is 3. The van der Waals surface area contributed by atoms with Crippen LogP contribution in [0.15, 0.2) is 36.4 Å². The number of nitrogens with one attached hydrogen (secondary N) is 1. The van der Waals surface area contributed by atoms with E-state index in [-0.39, 0.29) is 12.2 Å². The number of aryl methyl sites for hydroxylation is 1. The first-order valence-corrected chi connectivity index (χ1v) is 7.22. The molecule has 0 saturated heterocycles. The molecule has 2 N–H and O–H groups in total. The number of hydrogen-bond donors (Lipinski definition) is 2. The van der Waals surface area contributed by atoms with Gasteiger partial charge in [-0.3, -0.25) is 9.59 Å². The largest absolute Gasteiger partial charge is 0.480 e. The van der Waals surface area contributed by atoms with Crippen LogP contribution in [0, 0.1) is 0 Å². The summed E-state index contributed by atoms with van der Waals surface area (Å²) in [6.07, 6.45) is 4.30. The molecule has 0 aliphatic carbocycles. The number of ketones is 1. The van der Waals surface area contributed by atoms with Crippen molar-refractivity contribution in [1.29, 1.82) is 0 Å². The fourth-order valence-corrected chi connectivity index (χ4v) is 2.05. The summed E-state index contributed by atoms with van der Waals surface area (Å²) in [5, 5.41) is 11.6. The Bertz CT molecular complexity index is 578. The first-order valence-electron chi connectivity index (χ1n) is 7.22. The van der Waals surface area contributed by atoms with Crippen molar-refractivity contribution in [2.75, 3.05) is 0 Å². The molecule has 1 atom stereocenters. The summed E-state index contributed by atoms with van der Waals surface area (Å²) in [5.41, 5.74) is 2.00. The fraction of sp³-hybridized carbons (Fsp3) is 0.353. The third kappa shape index (κ3) is 6.35. The second kappa shape index (κ2) is 8.77. The number of benzene rings is 1. The average molecular weight is 303 g/mol. The first-order chi connectivity index (χ1) is 10.4. The Morgan fingerprint density at radius 1 is 1.23 bits per heavy atom. The molecule has 0 saturated carbocycles. The van der Waals surface area contributed by atoms with Crippen LogP contribution in [-0.2, 0) is 27.2 Å². The first kappa shape index (κ1) is 17.6. The third-order valence-corrected chi connectivity index (χ3v) is 3.05. The second-order valence-electron chi connectivity index (χ2n) is 5.12. The van der Waals surface area contributed by atoms with Crippen LogP contribution < -0.4 is 5.32 Å². The highest BCUT2D eigenvalue weighted by Crippen LogP contribution is 2.10. The molecule has 22 heavy (non-hydrogen) atoms. The molecule has 0 unspecified atom stereocenters. The van der Waals surface area contributed by atoms with E-state index < -0.39 is 17.9 Å². The lowest BCUT2D eigenvalue weighted by Crippen LogP contribution is -2.41. The van der Waals surface area contributed by atoms with Crippen molar-refractivity contribution in [2.24, 2.45) is 0 Å². The predicted molar refractivity (Wildman–Crippen MR) is 83.5 cm³/mol. The van der Waals surface area contributed by atoms with Crippen LogP contribution >= 0.6 is 0 Å². The molecule has 1 amide bonds. The quantitative estimate of drug-likeness (QED) is 0.718. The highest BCUT2D eigenvalue weighted by molar-refractivity contribution is 5.97. The van der Waals surface area contributed by atoms with Crippen LogP contribution in [0.5, 0.6) is 0 Å². The Labute approximate surface area is 130 Å². The molecule has 0 aliphatic heterocycles. The van der Waals surface area contributed by atoms with E-state index >= 15 is 0 Å². The number of allylic oxidation sites excluding steroid dienone is 1.